The molecule has 0 aliphatic rings. The lowest BCUT2D eigenvalue weighted by molar-refractivity contribution is -0.140. The van der Waals surface area contributed by atoms with E-state index in [2.05, 4.69) is 5.32 Å². The molecule has 0 aromatic rings. The molecule has 0 heterocycles. The van der Waals surface area contributed by atoms with E-state index in [0.29, 0.717) is 12.8 Å². The average molecular weight is 318 g/mol. The number of carboxylic acid groups (broad SMARTS) is 2. The molecule has 0 aliphatic carbocycles. The number of nitrogens with one attached hydrogen (secondary N) is 1. The smallest absolute Gasteiger partial charge is 0.320 e. The van der Waals surface area contributed by atoms with E-state index >= 15 is 0 Å². The van der Waals surface area contributed by atoms with Crippen molar-refractivity contribution >= 4 is 23.6 Å². The maximum absolute atomic E-state index is 11.6. The van der Waals surface area contributed by atoms with Gasteiger partial charge in [-0.25, -0.2) is 0 Å². The zero-order valence-corrected chi connectivity index (χ0v) is 12.0. The van der Waals surface area contributed by atoms with Crippen molar-refractivity contribution in [2.45, 2.75) is 43.8 Å². The number of hydrogen-bond donors (Lipinski definition) is 6. The van der Waals surface area contributed by atoms with Gasteiger partial charge in [-0.2, -0.15) is 0 Å². The fraction of sp³-hybridized carbons (Fsp3) is 0.667. The third-order valence-electron chi connectivity index (χ3n) is 2.91. The molecule has 0 spiro atoms. The van der Waals surface area contributed by atoms with Crippen molar-refractivity contribution in [3.63, 3.8) is 0 Å². The molecule has 2 unspecified atom stereocenters. The van der Waals surface area contributed by atoms with Crippen molar-refractivity contribution in [2.75, 3.05) is 6.54 Å². The lowest BCUT2D eigenvalue weighted by atomic mass is 10.0. The van der Waals surface area contributed by atoms with Crippen LogP contribution in [0.3, 0.4) is 0 Å². The van der Waals surface area contributed by atoms with Gasteiger partial charge in [0.05, 0.1) is 12.5 Å². The Morgan fingerprint density at radius 1 is 0.955 bits per heavy atom. The minimum absolute atomic E-state index is 0.195. The van der Waals surface area contributed by atoms with Crippen molar-refractivity contribution in [3.8, 4) is 0 Å². The Morgan fingerprint density at radius 2 is 1.55 bits per heavy atom. The molecular formula is C12H22N4O6. The summed E-state index contributed by atoms with van der Waals surface area (Å²) in [6.45, 7) is 0.195. The van der Waals surface area contributed by atoms with Crippen LogP contribution in [0.4, 0.5) is 0 Å². The van der Waals surface area contributed by atoms with Gasteiger partial charge in [0, 0.05) is 6.54 Å². The number of nitrogens with two attached hydrogens (primary N) is 3. The highest BCUT2D eigenvalue weighted by Crippen LogP contribution is 1.99. The number of carbonyl (C=O) groups is 4. The largest absolute Gasteiger partial charge is 0.481 e. The maximum Gasteiger partial charge on any atom is 0.320 e. The molecule has 0 saturated carbocycles. The van der Waals surface area contributed by atoms with Crippen LogP contribution < -0.4 is 22.5 Å². The number of carbonyl (C=O) groups excluding carboxylic acids is 2. The molecule has 0 radical (unpaired) electrons. The van der Waals surface area contributed by atoms with Crippen LogP contribution in [0.5, 0.6) is 0 Å². The zero-order valence-electron chi connectivity index (χ0n) is 12.0. The third-order valence-corrected chi connectivity index (χ3v) is 2.91. The average Bonchev–Trinajstić information content (AvgIpc) is 2.43. The first-order chi connectivity index (χ1) is 10.2. The summed E-state index contributed by atoms with van der Waals surface area (Å²) in [5, 5.41) is 19.5. The van der Waals surface area contributed by atoms with Gasteiger partial charge in [0.25, 0.3) is 0 Å². The first-order valence-electron chi connectivity index (χ1n) is 6.69. The standard InChI is InChI=1S/C12H22N4O6/c13-6(12(21)22)3-1-2-4-16-11(20)9(15)10(19)7(14)5-8(17)18/h6-7,9H,1-5,13-15H2,(H,16,20)(H,17,18)(H,21,22)/t6-,7?,9?/m0/s1. The van der Waals surface area contributed by atoms with Gasteiger partial charge in [-0.3, -0.25) is 19.2 Å². The van der Waals surface area contributed by atoms with E-state index < -0.39 is 48.2 Å². The Balaban J connectivity index is 4.03. The van der Waals surface area contributed by atoms with Crippen LogP contribution in [0.15, 0.2) is 0 Å². The second-order valence-electron chi connectivity index (χ2n) is 4.82. The van der Waals surface area contributed by atoms with E-state index in [1.807, 2.05) is 0 Å². The van der Waals surface area contributed by atoms with Crippen LogP contribution in [0.2, 0.25) is 0 Å². The summed E-state index contributed by atoms with van der Waals surface area (Å²) < 4.78 is 0. The number of amides is 1. The van der Waals surface area contributed by atoms with E-state index in [4.69, 9.17) is 27.4 Å². The van der Waals surface area contributed by atoms with Crippen molar-refractivity contribution < 1.29 is 29.4 Å². The molecule has 10 heteroatoms. The molecule has 0 rings (SSSR count). The van der Waals surface area contributed by atoms with Crippen molar-refractivity contribution in [3.05, 3.63) is 0 Å². The first kappa shape index (κ1) is 20.0. The van der Waals surface area contributed by atoms with Crippen LogP contribution in [0.1, 0.15) is 25.7 Å². The second-order valence-corrected chi connectivity index (χ2v) is 4.82. The summed E-state index contributed by atoms with van der Waals surface area (Å²) in [6.07, 6.45) is 0.608. The number of hydrogen-bond acceptors (Lipinski definition) is 7. The second kappa shape index (κ2) is 9.82. The summed E-state index contributed by atoms with van der Waals surface area (Å²) in [4.78, 5) is 44.1. The summed E-state index contributed by atoms with van der Waals surface area (Å²) >= 11 is 0. The summed E-state index contributed by atoms with van der Waals surface area (Å²) in [6, 6.07) is -3.82. The number of rotatable bonds is 11. The molecule has 0 bridgehead atoms. The van der Waals surface area contributed by atoms with Crippen molar-refractivity contribution in [2.24, 2.45) is 17.2 Å². The minimum atomic E-state index is -1.53. The van der Waals surface area contributed by atoms with Gasteiger partial charge >= 0.3 is 11.9 Å². The Bertz CT molecular complexity index is 428. The topological polar surface area (TPSA) is 199 Å². The van der Waals surface area contributed by atoms with Gasteiger partial charge in [0.2, 0.25) is 5.91 Å². The maximum atomic E-state index is 11.6. The highest BCUT2D eigenvalue weighted by atomic mass is 16.4. The Morgan fingerprint density at radius 3 is 2.05 bits per heavy atom. The molecule has 0 fully saturated rings. The zero-order chi connectivity index (χ0) is 17.3. The van der Waals surface area contributed by atoms with E-state index in [0.717, 1.165) is 0 Å². The highest BCUT2D eigenvalue weighted by Gasteiger charge is 2.28. The molecule has 126 valence electrons. The number of ketones is 1. The van der Waals surface area contributed by atoms with Crippen molar-refractivity contribution in [1.29, 1.82) is 0 Å². The lowest BCUT2D eigenvalue weighted by Crippen LogP contribution is -2.52. The Kier molecular flexibility index (Phi) is 8.91. The van der Waals surface area contributed by atoms with E-state index in [-0.39, 0.29) is 13.0 Å². The molecule has 10 nitrogen and oxygen atoms in total. The summed E-state index contributed by atoms with van der Waals surface area (Å²) in [5.41, 5.74) is 16.0. The third kappa shape index (κ3) is 7.67. The number of carboxylic acids is 2. The monoisotopic (exact) mass is 318 g/mol. The molecule has 0 saturated heterocycles. The fourth-order valence-corrected chi connectivity index (χ4v) is 1.58. The first-order valence-corrected chi connectivity index (χ1v) is 6.69. The molecule has 0 aromatic carbocycles. The Labute approximate surface area is 127 Å². The molecule has 9 N–H and O–H groups in total. The van der Waals surface area contributed by atoms with Crippen LogP contribution in [-0.4, -0.2) is 58.5 Å². The van der Waals surface area contributed by atoms with Crippen molar-refractivity contribution in [1.82, 2.24) is 5.32 Å². The molecular weight excluding hydrogens is 296 g/mol. The van der Waals surface area contributed by atoms with Crippen LogP contribution in [-0.2, 0) is 19.2 Å². The predicted octanol–water partition coefficient (Wildman–Crippen LogP) is -2.62. The number of unbranched alkanes of at least 4 members (excludes halogenated alkanes) is 1. The van der Waals surface area contributed by atoms with Crippen LogP contribution >= 0.6 is 0 Å². The lowest BCUT2D eigenvalue weighted by Gasteiger charge is -2.15. The van der Waals surface area contributed by atoms with Gasteiger partial charge in [-0.15, -0.1) is 0 Å². The SMILES string of the molecule is NC(CC(=O)O)C(=O)C(N)C(=O)NCCCC[C@H](N)C(=O)O. The molecule has 1 amide bonds. The fourth-order valence-electron chi connectivity index (χ4n) is 1.58. The van der Waals surface area contributed by atoms with Gasteiger partial charge in [-0.05, 0) is 19.3 Å². The Hall–Kier alpha value is -2.04. The van der Waals surface area contributed by atoms with Gasteiger partial charge in [0.1, 0.15) is 12.1 Å². The van der Waals surface area contributed by atoms with Gasteiger partial charge in [0.15, 0.2) is 5.78 Å². The molecule has 3 atom stereocenters. The molecule has 0 aromatic heterocycles. The molecule has 22 heavy (non-hydrogen) atoms. The number of Topliss-reactive ketones (excluding diaryl/α,β-unsaturated/α-hetero) is 1. The van der Waals surface area contributed by atoms with E-state index in [9.17, 15) is 19.2 Å². The van der Waals surface area contributed by atoms with Gasteiger partial charge < -0.3 is 32.7 Å². The quantitative estimate of drug-likeness (QED) is 0.174. The highest BCUT2D eigenvalue weighted by molar-refractivity contribution is 6.08. The predicted molar refractivity (Wildman–Crippen MR) is 75.7 cm³/mol. The minimum Gasteiger partial charge on any atom is -0.481 e. The van der Waals surface area contributed by atoms with E-state index in [1.165, 1.54) is 0 Å². The van der Waals surface area contributed by atoms with Gasteiger partial charge in [-0.1, -0.05) is 0 Å². The van der Waals surface area contributed by atoms with Crippen LogP contribution in [0, 0.1) is 0 Å². The molecule has 0 aliphatic heterocycles. The summed E-state index contributed by atoms with van der Waals surface area (Å²) in [5.74, 6) is -3.96. The van der Waals surface area contributed by atoms with Crippen LogP contribution in [0.25, 0.3) is 0 Å². The van der Waals surface area contributed by atoms with E-state index in [1.54, 1.807) is 0 Å². The normalized spacial score (nSPS) is 14.7. The summed E-state index contributed by atoms with van der Waals surface area (Å²) in [7, 11) is 0. The number of aliphatic carboxylic acids is 2.